The second kappa shape index (κ2) is 7.33. The first-order valence-corrected chi connectivity index (χ1v) is 6.83. The third-order valence-electron chi connectivity index (χ3n) is 3.77. The van der Waals surface area contributed by atoms with Crippen LogP contribution in [0.25, 0.3) is 0 Å². The minimum atomic E-state index is -0.821. The molecule has 1 heterocycles. The van der Waals surface area contributed by atoms with Crippen molar-refractivity contribution >= 4 is 12.0 Å². The van der Waals surface area contributed by atoms with Crippen molar-refractivity contribution in [3.8, 4) is 0 Å². The van der Waals surface area contributed by atoms with Crippen molar-refractivity contribution in [1.82, 2.24) is 15.1 Å². The van der Waals surface area contributed by atoms with Gasteiger partial charge in [-0.2, -0.15) is 0 Å². The molecule has 2 unspecified atom stereocenters. The molecule has 0 aliphatic carbocycles. The van der Waals surface area contributed by atoms with Crippen LogP contribution in [0.4, 0.5) is 4.79 Å². The van der Waals surface area contributed by atoms with Crippen LogP contribution in [0.15, 0.2) is 0 Å². The highest BCUT2D eigenvalue weighted by molar-refractivity contribution is 5.74. The largest absolute Gasteiger partial charge is 0.481 e. The van der Waals surface area contributed by atoms with E-state index < -0.39 is 5.97 Å². The van der Waals surface area contributed by atoms with Gasteiger partial charge >= 0.3 is 12.0 Å². The summed E-state index contributed by atoms with van der Waals surface area (Å²) in [4.78, 5) is 26.2. The van der Waals surface area contributed by atoms with Crippen molar-refractivity contribution < 1.29 is 14.7 Å². The molecule has 2 amide bonds. The Morgan fingerprint density at radius 3 is 2.74 bits per heavy atom. The Kier molecular flexibility index (Phi) is 6.08. The molecule has 110 valence electrons. The maximum Gasteiger partial charge on any atom is 0.317 e. The lowest BCUT2D eigenvalue weighted by Crippen LogP contribution is -2.50. The predicted octanol–water partition coefficient (Wildman–Crippen LogP) is 0.975. The van der Waals surface area contributed by atoms with Crippen LogP contribution < -0.4 is 5.32 Å². The molecule has 1 rings (SSSR count). The van der Waals surface area contributed by atoms with Crippen LogP contribution in [0.3, 0.4) is 0 Å². The Morgan fingerprint density at radius 2 is 2.16 bits per heavy atom. The molecule has 6 nitrogen and oxygen atoms in total. The van der Waals surface area contributed by atoms with Gasteiger partial charge in [-0.1, -0.05) is 0 Å². The van der Waals surface area contributed by atoms with E-state index >= 15 is 0 Å². The Balaban J connectivity index is 2.28. The Labute approximate surface area is 114 Å². The van der Waals surface area contributed by atoms with Gasteiger partial charge in [0.1, 0.15) is 0 Å². The highest BCUT2D eigenvalue weighted by atomic mass is 16.4. The van der Waals surface area contributed by atoms with Gasteiger partial charge in [-0.05, 0) is 33.2 Å². The summed E-state index contributed by atoms with van der Waals surface area (Å²) in [6, 6.07) is 0.601. The van der Waals surface area contributed by atoms with E-state index in [0.717, 1.165) is 19.4 Å². The number of amides is 2. The van der Waals surface area contributed by atoms with Crippen LogP contribution in [0, 0.1) is 0 Å². The number of carbonyl (C=O) groups is 2. The van der Waals surface area contributed by atoms with Gasteiger partial charge in [0.05, 0.1) is 0 Å². The Morgan fingerprint density at radius 1 is 1.47 bits per heavy atom. The van der Waals surface area contributed by atoms with E-state index in [2.05, 4.69) is 24.2 Å². The van der Waals surface area contributed by atoms with E-state index in [9.17, 15) is 9.59 Å². The van der Waals surface area contributed by atoms with Gasteiger partial charge < -0.3 is 20.2 Å². The number of carboxylic acid groups (broad SMARTS) is 1. The summed E-state index contributed by atoms with van der Waals surface area (Å²) in [5, 5.41) is 11.6. The molecule has 0 saturated carbocycles. The predicted molar refractivity (Wildman–Crippen MR) is 73.1 cm³/mol. The lowest BCUT2D eigenvalue weighted by molar-refractivity contribution is -0.137. The molecule has 19 heavy (non-hydrogen) atoms. The zero-order valence-electron chi connectivity index (χ0n) is 12.1. The number of piperidine rings is 1. The second-order valence-corrected chi connectivity index (χ2v) is 5.42. The van der Waals surface area contributed by atoms with Crippen molar-refractivity contribution in [3.63, 3.8) is 0 Å². The summed E-state index contributed by atoms with van der Waals surface area (Å²) in [5.74, 6) is -0.821. The van der Waals surface area contributed by atoms with Gasteiger partial charge in [-0.25, -0.2) is 4.79 Å². The number of nitrogens with one attached hydrogen (secondary N) is 1. The fourth-order valence-corrected chi connectivity index (χ4v) is 2.27. The molecule has 0 aromatic carbocycles. The molecule has 0 aromatic heterocycles. The van der Waals surface area contributed by atoms with Gasteiger partial charge in [0.2, 0.25) is 0 Å². The van der Waals surface area contributed by atoms with E-state index in [-0.39, 0.29) is 18.5 Å². The zero-order chi connectivity index (χ0) is 14.4. The summed E-state index contributed by atoms with van der Waals surface area (Å²) >= 11 is 0. The van der Waals surface area contributed by atoms with Gasteiger partial charge in [-0.15, -0.1) is 0 Å². The fraction of sp³-hybridized carbons (Fsp3) is 0.846. The molecule has 0 radical (unpaired) electrons. The van der Waals surface area contributed by atoms with Gasteiger partial charge in [0.25, 0.3) is 0 Å². The number of rotatable bonds is 5. The molecule has 6 heteroatoms. The second-order valence-electron chi connectivity index (χ2n) is 5.42. The van der Waals surface area contributed by atoms with Crippen molar-refractivity contribution in [1.29, 1.82) is 0 Å². The first-order valence-electron chi connectivity index (χ1n) is 6.83. The Bertz CT molecular complexity index is 322. The number of hydrogen-bond donors (Lipinski definition) is 2. The number of carboxylic acids is 1. The molecule has 1 aliphatic rings. The van der Waals surface area contributed by atoms with Crippen LogP contribution >= 0.6 is 0 Å². The third-order valence-corrected chi connectivity index (χ3v) is 3.77. The molecule has 2 N–H and O–H groups in total. The molecule has 1 aliphatic heterocycles. The maximum atomic E-state index is 11.9. The minimum Gasteiger partial charge on any atom is -0.481 e. The number of nitrogens with zero attached hydrogens (tertiary/aromatic N) is 2. The topological polar surface area (TPSA) is 72.9 Å². The van der Waals surface area contributed by atoms with E-state index in [1.54, 1.807) is 11.9 Å². The summed E-state index contributed by atoms with van der Waals surface area (Å²) in [6.45, 7) is 3.63. The maximum absolute atomic E-state index is 11.9. The lowest BCUT2D eigenvalue weighted by atomic mass is 9.99. The molecular formula is C13H25N3O3. The van der Waals surface area contributed by atoms with E-state index in [4.69, 9.17) is 5.11 Å². The summed E-state index contributed by atoms with van der Waals surface area (Å²) in [7, 11) is 3.80. The Hall–Kier alpha value is -1.30. The van der Waals surface area contributed by atoms with Crippen LogP contribution in [0.5, 0.6) is 0 Å². The van der Waals surface area contributed by atoms with Crippen LogP contribution in [-0.4, -0.2) is 66.2 Å². The highest BCUT2D eigenvalue weighted by Crippen LogP contribution is 2.15. The third kappa shape index (κ3) is 5.46. The average molecular weight is 271 g/mol. The molecule has 1 fully saturated rings. The van der Waals surface area contributed by atoms with E-state index in [0.29, 0.717) is 19.0 Å². The fourth-order valence-electron chi connectivity index (χ4n) is 2.27. The van der Waals surface area contributed by atoms with Crippen molar-refractivity contribution in [2.45, 2.75) is 44.7 Å². The number of aliphatic carboxylic acids is 1. The van der Waals surface area contributed by atoms with Crippen LogP contribution in [0.2, 0.25) is 0 Å². The van der Waals surface area contributed by atoms with Crippen LogP contribution in [0.1, 0.15) is 32.6 Å². The molecule has 0 aromatic rings. The summed E-state index contributed by atoms with van der Waals surface area (Å²) < 4.78 is 0. The van der Waals surface area contributed by atoms with Crippen molar-refractivity contribution in [3.05, 3.63) is 0 Å². The molecule has 2 atom stereocenters. The standard InChI is InChI=1S/C13H25N3O3/c1-10-9-11(6-8-15(10)2)14-13(19)16(3)7-4-5-12(17)18/h10-11H,4-9H2,1-3H3,(H,14,19)(H,17,18). The van der Waals surface area contributed by atoms with Crippen molar-refractivity contribution in [2.24, 2.45) is 0 Å². The number of urea groups is 1. The minimum absolute atomic E-state index is 0.100. The summed E-state index contributed by atoms with van der Waals surface area (Å²) in [5.41, 5.74) is 0. The smallest absolute Gasteiger partial charge is 0.317 e. The monoisotopic (exact) mass is 271 g/mol. The summed E-state index contributed by atoms with van der Waals surface area (Å²) in [6.07, 6.45) is 2.52. The van der Waals surface area contributed by atoms with Gasteiger partial charge in [-0.3, -0.25) is 4.79 Å². The normalized spacial score (nSPS) is 23.9. The quantitative estimate of drug-likeness (QED) is 0.781. The van der Waals surface area contributed by atoms with E-state index in [1.807, 2.05) is 0 Å². The molecule has 0 bridgehead atoms. The average Bonchev–Trinajstić information content (AvgIpc) is 2.33. The SMILES string of the molecule is CC1CC(NC(=O)N(C)CCCC(=O)O)CCN1C. The molecular weight excluding hydrogens is 246 g/mol. The highest BCUT2D eigenvalue weighted by Gasteiger charge is 2.24. The number of carbonyl (C=O) groups excluding carboxylic acids is 1. The van der Waals surface area contributed by atoms with E-state index in [1.165, 1.54) is 0 Å². The van der Waals surface area contributed by atoms with Crippen molar-refractivity contribution in [2.75, 3.05) is 27.2 Å². The molecule has 0 spiro atoms. The number of hydrogen-bond acceptors (Lipinski definition) is 3. The van der Waals surface area contributed by atoms with Crippen LogP contribution in [-0.2, 0) is 4.79 Å². The number of likely N-dealkylation sites (tertiary alicyclic amines) is 1. The first kappa shape index (κ1) is 15.8. The van der Waals surface area contributed by atoms with Gasteiger partial charge in [0, 0.05) is 38.6 Å². The first-order chi connectivity index (χ1) is 8.90. The molecule has 1 saturated heterocycles. The lowest BCUT2D eigenvalue weighted by Gasteiger charge is -2.36. The zero-order valence-corrected chi connectivity index (χ0v) is 12.1. The van der Waals surface area contributed by atoms with Gasteiger partial charge in [0.15, 0.2) is 0 Å².